The van der Waals surface area contributed by atoms with Crippen molar-refractivity contribution in [3.8, 4) is 46.3 Å². The highest BCUT2D eigenvalue weighted by Gasteiger charge is 2.40. The van der Waals surface area contributed by atoms with Gasteiger partial charge in [-0.2, -0.15) is 57.6 Å². The van der Waals surface area contributed by atoms with E-state index in [-0.39, 0.29) is 28.2 Å². The van der Waals surface area contributed by atoms with Gasteiger partial charge < -0.3 is 13.6 Å². The Labute approximate surface area is 385 Å². The van der Waals surface area contributed by atoms with Crippen LogP contribution in [0.15, 0.2) is 111 Å². The second-order valence-electron chi connectivity index (χ2n) is 15.1. The molecule has 6 heterocycles. The van der Waals surface area contributed by atoms with E-state index >= 15 is 0 Å². The summed E-state index contributed by atoms with van der Waals surface area (Å²) >= 11 is 1.41. The number of pyridine rings is 2. The number of sulfonamides is 2. The molecule has 0 saturated heterocycles. The number of fused-ring (bicyclic) bond motifs is 2. The molecule has 2 atom stereocenters. The molecule has 24 heteroatoms. The second kappa shape index (κ2) is 18.3. The summed E-state index contributed by atoms with van der Waals surface area (Å²) in [7, 11) is -9.01. The summed E-state index contributed by atoms with van der Waals surface area (Å²) in [5.74, 6) is -1.00. The molecule has 0 unspecified atom stereocenters. The van der Waals surface area contributed by atoms with Crippen LogP contribution < -0.4 is 9.44 Å². The molecule has 0 aliphatic rings. The molecule has 0 bridgehead atoms. The van der Waals surface area contributed by atoms with E-state index < -0.39 is 65.9 Å². The molecule has 2 aromatic carbocycles. The zero-order chi connectivity index (χ0) is 49.7. The van der Waals surface area contributed by atoms with Crippen molar-refractivity contribution in [3.05, 3.63) is 130 Å². The van der Waals surface area contributed by atoms with E-state index in [1.807, 2.05) is 16.8 Å². The molecule has 0 aliphatic carbocycles. The summed E-state index contributed by atoms with van der Waals surface area (Å²) in [5, 5.41) is 24.0. The Kier molecular flexibility index (Phi) is 13.2. The molecule has 0 fully saturated rings. The van der Waals surface area contributed by atoms with E-state index in [2.05, 4.69) is 16.0 Å². The molecule has 8 rings (SSSR count). The smallest absolute Gasteiger partial charge is 0.404 e. The van der Waals surface area contributed by atoms with Gasteiger partial charge in [0.05, 0.1) is 62.6 Å². The first kappa shape index (κ1) is 49.0. The Hall–Kier alpha value is -6.96. The van der Waals surface area contributed by atoms with Crippen molar-refractivity contribution in [3.63, 3.8) is 0 Å². The zero-order valence-electron chi connectivity index (χ0n) is 35.4. The van der Waals surface area contributed by atoms with Crippen molar-refractivity contribution in [1.29, 1.82) is 10.5 Å². The van der Waals surface area contributed by atoms with E-state index in [9.17, 15) is 62.5 Å². The van der Waals surface area contributed by atoms with Crippen LogP contribution in [0.3, 0.4) is 0 Å². The quantitative estimate of drug-likeness (QED) is 0.126. The molecule has 68 heavy (non-hydrogen) atoms. The van der Waals surface area contributed by atoms with Crippen LogP contribution in [-0.2, 0) is 20.0 Å². The Morgan fingerprint density at radius 3 is 1.46 bits per heavy atom. The topological polar surface area (TPSA) is 189 Å². The summed E-state index contributed by atoms with van der Waals surface area (Å²) in [6.45, 7) is 4.54. The van der Waals surface area contributed by atoms with Gasteiger partial charge in [0.25, 0.3) is 0 Å². The van der Waals surface area contributed by atoms with Gasteiger partial charge in [-0.05, 0) is 98.8 Å². The lowest BCUT2D eigenvalue weighted by atomic mass is 10.1. The second-order valence-corrected chi connectivity index (χ2v) is 19.3. The van der Waals surface area contributed by atoms with Gasteiger partial charge >= 0.3 is 12.4 Å². The maximum absolute atomic E-state index is 14.3. The lowest BCUT2D eigenvalue weighted by Crippen LogP contribution is -2.42. The Morgan fingerprint density at radius 1 is 0.676 bits per heavy atom. The third-order valence-corrected chi connectivity index (χ3v) is 14.2. The highest BCUT2D eigenvalue weighted by atomic mass is 32.2. The minimum Gasteiger partial charge on any atom is -0.470 e. The molecular formula is C44H32F8N8O5S3. The van der Waals surface area contributed by atoms with Crippen LogP contribution in [-0.4, -0.2) is 60.4 Å². The summed E-state index contributed by atoms with van der Waals surface area (Å²) in [6, 6.07) is 13.3. The maximum Gasteiger partial charge on any atom is 0.404 e. The van der Waals surface area contributed by atoms with Gasteiger partial charge in [0.1, 0.15) is 51.9 Å². The average Bonchev–Trinajstić information content (AvgIpc) is 4.10. The van der Waals surface area contributed by atoms with Crippen molar-refractivity contribution < 1.29 is 56.4 Å². The predicted octanol–water partition coefficient (Wildman–Crippen LogP) is 10.1. The number of aryl methyl sites for hydroxylation is 2. The molecule has 6 aromatic heterocycles. The number of rotatable bonds is 10. The van der Waals surface area contributed by atoms with E-state index in [4.69, 9.17) is 4.42 Å². The summed E-state index contributed by atoms with van der Waals surface area (Å²) in [6.07, 6.45) is -4.89. The number of nitriles is 2. The molecular weight excluding hydrogens is 969 g/mol. The highest BCUT2D eigenvalue weighted by Crippen LogP contribution is 2.39. The fourth-order valence-electron chi connectivity index (χ4n) is 6.93. The van der Waals surface area contributed by atoms with Crippen molar-refractivity contribution in [1.82, 2.24) is 28.5 Å². The Balaban J connectivity index is 0.000000201. The summed E-state index contributed by atoms with van der Waals surface area (Å²) < 4.78 is 167. The molecule has 0 spiro atoms. The number of hydrogen-bond acceptors (Lipinski definition) is 10. The number of alkyl halides is 6. The molecule has 352 valence electrons. The molecule has 0 aliphatic heterocycles. The van der Waals surface area contributed by atoms with Crippen molar-refractivity contribution in [2.24, 2.45) is 0 Å². The van der Waals surface area contributed by atoms with Crippen LogP contribution in [0.2, 0.25) is 0 Å². The van der Waals surface area contributed by atoms with Crippen molar-refractivity contribution in [2.45, 2.75) is 61.9 Å². The third kappa shape index (κ3) is 9.45. The van der Waals surface area contributed by atoms with Gasteiger partial charge in [-0.15, -0.1) is 0 Å². The molecule has 2 N–H and O–H groups in total. The van der Waals surface area contributed by atoms with Gasteiger partial charge in [0.15, 0.2) is 0 Å². The van der Waals surface area contributed by atoms with Gasteiger partial charge in [-0.25, -0.2) is 25.6 Å². The van der Waals surface area contributed by atoms with Crippen molar-refractivity contribution >= 4 is 53.2 Å². The zero-order valence-corrected chi connectivity index (χ0v) is 37.8. The fourth-order valence-corrected chi connectivity index (χ4v) is 9.90. The van der Waals surface area contributed by atoms with E-state index in [1.54, 1.807) is 56.7 Å². The van der Waals surface area contributed by atoms with Gasteiger partial charge in [0, 0.05) is 34.6 Å². The van der Waals surface area contributed by atoms with Crippen LogP contribution in [0.5, 0.6) is 0 Å². The fraction of sp³-hybridized carbons (Fsp3) is 0.182. The molecule has 0 radical (unpaired) electrons. The number of nitrogens with zero attached hydrogens (tertiary/aromatic N) is 6. The van der Waals surface area contributed by atoms with Crippen molar-refractivity contribution in [2.75, 3.05) is 0 Å². The van der Waals surface area contributed by atoms with Crippen LogP contribution in [0.1, 0.15) is 36.1 Å². The normalized spacial score (nSPS) is 13.2. The van der Waals surface area contributed by atoms with Crippen LogP contribution in [0.25, 0.3) is 56.0 Å². The number of thiophene rings is 1. The average molecular weight is 1000 g/mol. The predicted molar refractivity (Wildman–Crippen MR) is 234 cm³/mol. The lowest BCUT2D eigenvalue weighted by Gasteiger charge is -2.17. The lowest BCUT2D eigenvalue weighted by molar-refractivity contribution is -0.147. The number of hydrogen-bond donors (Lipinski definition) is 2. The summed E-state index contributed by atoms with van der Waals surface area (Å²) in [4.78, 5) is 7.29. The van der Waals surface area contributed by atoms with Gasteiger partial charge in [-0.1, -0.05) is 0 Å². The number of furan rings is 1. The minimum absolute atomic E-state index is 0.0852. The molecule has 0 saturated carbocycles. The first-order valence-corrected chi connectivity index (χ1v) is 23.4. The number of benzene rings is 2. The van der Waals surface area contributed by atoms with Crippen LogP contribution in [0, 0.1) is 48.1 Å². The van der Waals surface area contributed by atoms with Gasteiger partial charge in [0.2, 0.25) is 20.0 Å². The number of aromatic nitrogens is 4. The van der Waals surface area contributed by atoms with E-state index in [0.29, 0.717) is 63.8 Å². The summed E-state index contributed by atoms with van der Waals surface area (Å²) in [5.41, 5.74) is 4.06. The Bertz CT molecular complexity index is 3270. The number of halogens is 8. The highest BCUT2D eigenvalue weighted by molar-refractivity contribution is 7.89. The number of nitrogens with one attached hydrogen (secondary N) is 2. The van der Waals surface area contributed by atoms with Crippen LogP contribution >= 0.6 is 11.3 Å². The third-order valence-electron chi connectivity index (χ3n) is 10.5. The Morgan fingerprint density at radius 2 is 1.12 bits per heavy atom. The monoisotopic (exact) mass is 1000 g/mol. The van der Waals surface area contributed by atoms with E-state index in [0.717, 1.165) is 24.5 Å². The SMILES string of the molecule is Cc1cc2c(cc1F)c(C#N)c(-c1ccc(S(=O)(=O)N[C@@H](C)C(F)(F)F)cn1)n2-c1ccoc1.Cc1cc2c(cc1F)c(C#N)c(-c1ccc(S(=O)(=O)N[C@@H](C)C(F)(F)F)cn1)n2-c1ccsc1. The largest absolute Gasteiger partial charge is 0.470 e. The minimum atomic E-state index is -4.76. The molecule has 13 nitrogen and oxygen atoms in total. The molecule has 8 aromatic rings. The standard InChI is InChI=1S/C22H16F4N4O3S.C22H16F4N4O2S2/c2*1-12-7-20-16(8-18(12)23)17(9-27)21(30(20)14-5-6-33-11-14)19-4-3-15(10-28-19)34(31,32)29-13(2)22(24,25)26/h2*3-8,10-11,13,29H,1-2H3/t2*13-/m00/s1. The first-order chi connectivity index (χ1) is 31.9. The van der Waals surface area contributed by atoms with Gasteiger partial charge in [-0.3, -0.25) is 9.97 Å². The van der Waals surface area contributed by atoms with Crippen LogP contribution in [0.4, 0.5) is 35.1 Å². The van der Waals surface area contributed by atoms with E-state index in [1.165, 1.54) is 48.1 Å². The maximum atomic E-state index is 14.3. The first-order valence-electron chi connectivity index (χ1n) is 19.5. The molecule has 0 amide bonds.